The van der Waals surface area contributed by atoms with Crippen molar-refractivity contribution in [2.24, 2.45) is 5.16 Å². The first kappa shape index (κ1) is 15.1. The molecule has 1 N–H and O–H groups in total. The van der Waals surface area contributed by atoms with Crippen molar-refractivity contribution in [1.82, 2.24) is 14.4 Å². The Labute approximate surface area is 144 Å². The van der Waals surface area contributed by atoms with E-state index in [-0.39, 0.29) is 0 Å². The molecule has 0 radical (unpaired) electrons. The zero-order chi connectivity index (χ0) is 17.2. The molecule has 2 aromatic carbocycles. The lowest BCUT2D eigenvalue weighted by Gasteiger charge is -2.08. The van der Waals surface area contributed by atoms with E-state index in [1.54, 1.807) is 0 Å². The molecule has 122 valence electrons. The fourth-order valence-corrected chi connectivity index (χ4v) is 2.95. The quantitative estimate of drug-likeness (QED) is 0.349. The van der Waals surface area contributed by atoms with Crippen molar-refractivity contribution in [2.75, 3.05) is 0 Å². The summed E-state index contributed by atoms with van der Waals surface area (Å²) >= 11 is 0. The second-order valence-electron chi connectivity index (χ2n) is 5.79. The molecule has 2 aromatic heterocycles. The summed E-state index contributed by atoms with van der Waals surface area (Å²) in [6.07, 6.45) is 5.27. The molecule has 0 aliphatic rings. The molecule has 0 aliphatic heterocycles. The minimum Gasteiger partial charge on any atom is -0.411 e. The van der Waals surface area contributed by atoms with E-state index in [2.05, 4.69) is 27.3 Å². The lowest BCUT2D eigenvalue weighted by molar-refractivity contribution is 0.322. The number of fused-ring (bicyclic) bond motifs is 1. The lowest BCUT2D eigenvalue weighted by Crippen LogP contribution is -1.93. The van der Waals surface area contributed by atoms with Crippen LogP contribution >= 0.6 is 0 Å². The monoisotopic (exact) mass is 328 g/mol. The molecule has 0 fully saturated rings. The number of oxime groups is 1. The van der Waals surface area contributed by atoms with E-state index in [1.165, 1.54) is 6.21 Å². The maximum atomic E-state index is 8.89. The van der Waals surface area contributed by atoms with Crippen LogP contribution < -0.4 is 0 Å². The van der Waals surface area contributed by atoms with Crippen LogP contribution in [0.5, 0.6) is 0 Å². The molecule has 0 bridgehead atoms. The van der Waals surface area contributed by atoms with E-state index in [1.807, 2.05) is 66.2 Å². The number of imidazole rings is 1. The zero-order valence-electron chi connectivity index (χ0n) is 13.7. The molecule has 2 heterocycles. The van der Waals surface area contributed by atoms with Crippen LogP contribution in [0.25, 0.3) is 28.2 Å². The molecule has 0 saturated heterocycles. The predicted octanol–water partition coefficient (Wildman–Crippen LogP) is 4.18. The average molecular weight is 328 g/mol. The Kier molecular flexibility index (Phi) is 3.74. The largest absolute Gasteiger partial charge is 0.411 e. The molecule has 0 amide bonds. The Morgan fingerprint density at radius 1 is 1.04 bits per heavy atom. The number of nitrogens with zero attached hydrogens (tertiary/aromatic N) is 4. The van der Waals surface area contributed by atoms with E-state index in [9.17, 15) is 0 Å². The Hall–Kier alpha value is -3.47. The normalized spacial score (nSPS) is 11.4. The average Bonchev–Trinajstić information content (AvgIpc) is 3.05. The molecule has 5 nitrogen and oxygen atoms in total. The maximum absolute atomic E-state index is 8.89. The molecule has 0 saturated carbocycles. The number of rotatable bonds is 3. The highest BCUT2D eigenvalue weighted by Gasteiger charge is 2.09. The van der Waals surface area contributed by atoms with Gasteiger partial charge in [-0.2, -0.15) is 0 Å². The van der Waals surface area contributed by atoms with Gasteiger partial charge in [0.15, 0.2) is 0 Å². The highest BCUT2D eigenvalue weighted by Crippen LogP contribution is 2.28. The molecule has 25 heavy (non-hydrogen) atoms. The molecule has 4 rings (SSSR count). The van der Waals surface area contributed by atoms with Crippen molar-refractivity contribution < 1.29 is 5.21 Å². The van der Waals surface area contributed by atoms with Gasteiger partial charge in [-0.15, -0.1) is 0 Å². The van der Waals surface area contributed by atoms with Gasteiger partial charge in [-0.1, -0.05) is 47.6 Å². The SMILES string of the molecule is Cc1ccn2c(-c3cccc(-c4ccccc4C=NO)c3)cnc2n1. The van der Waals surface area contributed by atoms with E-state index in [4.69, 9.17) is 5.21 Å². The number of aromatic nitrogens is 3. The molecule has 0 unspecified atom stereocenters. The predicted molar refractivity (Wildman–Crippen MR) is 98.0 cm³/mol. The van der Waals surface area contributed by atoms with Gasteiger partial charge in [-0.25, -0.2) is 9.97 Å². The summed E-state index contributed by atoms with van der Waals surface area (Å²) in [7, 11) is 0. The fraction of sp³-hybridized carbons (Fsp3) is 0.0500. The van der Waals surface area contributed by atoms with E-state index in [0.717, 1.165) is 33.6 Å². The Morgan fingerprint density at radius 2 is 1.88 bits per heavy atom. The van der Waals surface area contributed by atoms with Gasteiger partial charge >= 0.3 is 0 Å². The highest BCUT2D eigenvalue weighted by atomic mass is 16.4. The molecule has 0 aliphatic carbocycles. The first-order valence-corrected chi connectivity index (χ1v) is 7.94. The first-order chi connectivity index (χ1) is 12.3. The molecule has 5 heteroatoms. The number of hydrogen-bond donors (Lipinski definition) is 1. The third-order valence-corrected chi connectivity index (χ3v) is 4.15. The van der Waals surface area contributed by atoms with Gasteiger partial charge in [0.1, 0.15) is 0 Å². The lowest BCUT2D eigenvalue weighted by atomic mass is 9.98. The first-order valence-electron chi connectivity index (χ1n) is 7.94. The van der Waals surface area contributed by atoms with Crippen molar-refractivity contribution in [3.63, 3.8) is 0 Å². The maximum Gasteiger partial charge on any atom is 0.234 e. The van der Waals surface area contributed by atoms with Gasteiger partial charge in [0, 0.05) is 23.0 Å². The van der Waals surface area contributed by atoms with Crippen LogP contribution in [0.15, 0.2) is 72.1 Å². The minimum absolute atomic E-state index is 0.688. The zero-order valence-corrected chi connectivity index (χ0v) is 13.7. The third-order valence-electron chi connectivity index (χ3n) is 4.15. The Bertz CT molecular complexity index is 1080. The molecule has 4 aromatic rings. The highest BCUT2D eigenvalue weighted by molar-refractivity contribution is 5.90. The van der Waals surface area contributed by atoms with E-state index < -0.39 is 0 Å². The second kappa shape index (κ2) is 6.20. The van der Waals surface area contributed by atoms with Gasteiger partial charge in [0.25, 0.3) is 0 Å². The standard InChI is InChI=1S/C20H16N4O/c1-14-9-10-24-19(13-21-20(24)23-14)16-7-4-6-15(11-16)18-8-3-2-5-17(18)12-22-25/h2-13,25H,1H3. The van der Waals surface area contributed by atoms with Gasteiger partial charge < -0.3 is 5.21 Å². The van der Waals surface area contributed by atoms with Crippen LogP contribution in [0.2, 0.25) is 0 Å². The summed E-state index contributed by atoms with van der Waals surface area (Å²) < 4.78 is 1.98. The molecular weight excluding hydrogens is 312 g/mol. The van der Waals surface area contributed by atoms with Crippen molar-refractivity contribution in [3.8, 4) is 22.4 Å². The molecular formula is C20H16N4O. The summed E-state index contributed by atoms with van der Waals surface area (Å²) in [5.74, 6) is 0.688. The second-order valence-corrected chi connectivity index (χ2v) is 5.79. The van der Waals surface area contributed by atoms with Gasteiger partial charge in [-0.05, 0) is 30.2 Å². The van der Waals surface area contributed by atoms with E-state index in [0.29, 0.717) is 5.78 Å². The van der Waals surface area contributed by atoms with Crippen molar-refractivity contribution in [1.29, 1.82) is 0 Å². The Balaban J connectivity index is 1.85. The Morgan fingerprint density at radius 3 is 2.76 bits per heavy atom. The van der Waals surface area contributed by atoms with Gasteiger partial charge in [0.2, 0.25) is 5.78 Å². The number of aryl methyl sites for hydroxylation is 1. The molecule has 0 atom stereocenters. The minimum atomic E-state index is 0.688. The number of benzene rings is 2. The smallest absolute Gasteiger partial charge is 0.234 e. The van der Waals surface area contributed by atoms with Crippen LogP contribution in [0.3, 0.4) is 0 Å². The summed E-state index contributed by atoms with van der Waals surface area (Å²) in [4.78, 5) is 8.85. The van der Waals surface area contributed by atoms with Crippen molar-refractivity contribution in [2.45, 2.75) is 6.92 Å². The third kappa shape index (κ3) is 2.76. The topological polar surface area (TPSA) is 62.8 Å². The number of hydrogen-bond acceptors (Lipinski definition) is 4. The summed E-state index contributed by atoms with van der Waals surface area (Å²) in [6, 6.07) is 18.0. The van der Waals surface area contributed by atoms with Crippen LogP contribution in [-0.2, 0) is 0 Å². The van der Waals surface area contributed by atoms with Crippen LogP contribution in [-0.4, -0.2) is 25.8 Å². The molecule has 0 spiro atoms. The fourth-order valence-electron chi connectivity index (χ4n) is 2.95. The van der Waals surface area contributed by atoms with Gasteiger partial charge in [0.05, 0.1) is 18.1 Å². The van der Waals surface area contributed by atoms with Crippen LogP contribution in [0.1, 0.15) is 11.3 Å². The van der Waals surface area contributed by atoms with Crippen LogP contribution in [0.4, 0.5) is 0 Å². The van der Waals surface area contributed by atoms with Crippen molar-refractivity contribution >= 4 is 12.0 Å². The van der Waals surface area contributed by atoms with E-state index >= 15 is 0 Å². The van der Waals surface area contributed by atoms with Crippen molar-refractivity contribution in [3.05, 3.63) is 78.2 Å². The summed E-state index contributed by atoms with van der Waals surface area (Å²) in [5.41, 5.74) is 5.88. The summed E-state index contributed by atoms with van der Waals surface area (Å²) in [6.45, 7) is 1.95. The van der Waals surface area contributed by atoms with Gasteiger partial charge in [-0.3, -0.25) is 4.40 Å². The van der Waals surface area contributed by atoms with Crippen LogP contribution in [0, 0.1) is 6.92 Å². The summed E-state index contributed by atoms with van der Waals surface area (Å²) in [5, 5.41) is 12.1.